The molecule has 0 atom stereocenters. The number of rotatable bonds is 12. The van der Waals surface area contributed by atoms with Crippen molar-refractivity contribution in [3.8, 4) is 11.4 Å². The monoisotopic (exact) mass is 931 g/mol. The SMILES string of the molecule is C.CC(C)c1cnn2c(NCc3ccccc3-n3cccn3)nc(C3CCCCC3)nc12.CC(C)c1cnn2c(NCc3ccccc3-n3cccn3)nc(C3CCNCC3)nc12.[2HH].[2H][2H].[2H][2H].[2H][2H].[2H][2H].[2H][2H].[2H][2H].[2H][2H].[2H][2H].[2H][2H].[2H][2H].[2H][2H].[2H][2H].[2H][2H].[2H][2H].[2H][2H].[2H][2H].[2H][2H].[2H][2H].[2H][2H].[2H][2H]. The van der Waals surface area contributed by atoms with E-state index in [4.69, 9.17) is 79.3 Å². The molecule has 63 heavy (non-hydrogen) atoms. The van der Waals surface area contributed by atoms with Crippen LogP contribution in [0.15, 0.2) is 97.8 Å². The summed E-state index contributed by atoms with van der Waals surface area (Å²) >= 11 is 0. The number of aromatic nitrogens is 12. The fourth-order valence-corrected chi connectivity index (χ4v) is 8.61. The predicted molar refractivity (Wildman–Crippen MR) is 293 cm³/mol. The van der Waals surface area contributed by atoms with Crippen molar-refractivity contribution in [1.29, 1.82) is 0 Å². The summed E-state index contributed by atoms with van der Waals surface area (Å²) in [4.78, 5) is 19.8. The normalized spacial score (nSPS) is 17.4. The van der Waals surface area contributed by atoms with Gasteiger partial charge in [-0.1, -0.05) is 90.8 Å². The number of benzene rings is 2. The minimum atomic E-state index is 0. The van der Waals surface area contributed by atoms with Crippen LogP contribution in [0, 0.1) is 0 Å². The van der Waals surface area contributed by atoms with E-state index in [-0.39, 0.29) is 8.85 Å². The summed E-state index contributed by atoms with van der Waals surface area (Å²) in [6.07, 6.45) is 19.7. The molecule has 0 spiro atoms. The molecule has 1 aliphatic carbocycles. The van der Waals surface area contributed by atoms with Crippen LogP contribution in [0.1, 0.15) is 198 Å². The van der Waals surface area contributed by atoms with E-state index in [9.17, 15) is 0 Å². The van der Waals surface area contributed by atoms with Crippen LogP contribution in [0.5, 0.6) is 0 Å². The van der Waals surface area contributed by atoms with Crippen molar-refractivity contribution in [3.63, 3.8) is 0 Å². The smallest absolute Gasteiger partial charge is 0.227 e. The van der Waals surface area contributed by atoms with Crippen LogP contribution in [-0.2, 0) is 13.1 Å². The van der Waals surface area contributed by atoms with Crippen molar-refractivity contribution in [1.82, 2.24) is 64.0 Å². The lowest BCUT2D eigenvalue weighted by Crippen LogP contribution is -2.28. The maximum Gasteiger partial charge on any atom is 0.227 e. The molecule has 8 aromatic rings. The van der Waals surface area contributed by atoms with E-state index in [2.05, 4.69) is 94.4 Å². The summed E-state index contributed by atoms with van der Waals surface area (Å²) in [6.45, 7) is 12.0. The molecule has 370 valence electrons. The van der Waals surface area contributed by atoms with Gasteiger partial charge in [-0.3, -0.25) is 0 Å². The maximum atomic E-state index is 5.00. The van der Waals surface area contributed by atoms with Crippen LogP contribution in [0.2, 0.25) is 0 Å². The van der Waals surface area contributed by atoms with Gasteiger partial charge in [0.15, 0.2) is 11.3 Å². The molecule has 3 N–H and O–H groups in total. The van der Waals surface area contributed by atoms with Crippen molar-refractivity contribution in [2.45, 2.75) is 117 Å². The number of para-hydroxylation sites is 2. The maximum absolute atomic E-state index is 5.00. The molecule has 0 unspecified atom stereocenters. The third-order valence-corrected chi connectivity index (χ3v) is 12.1. The molecule has 1 saturated carbocycles. The summed E-state index contributed by atoms with van der Waals surface area (Å²) in [5.41, 5.74) is 8.53. The summed E-state index contributed by atoms with van der Waals surface area (Å²) in [6, 6.07) is 20.4. The lowest BCUT2D eigenvalue weighted by Gasteiger charge is -2.22. The number of nitrogens with zero attached hydrogens (tertiary/aromatic N) is 12. The van der Waals surface area contributed by atoms with Gasteiger partial charge in [0.2, 0.25) is 11.9 Å². The van der Waals surface area contributed by atoms with E-state index in [1.54, 1.807) is 12.4 Å². The molecule has 6 aromatic heterocycles. The van der Waals surface area contributed by atoms with Crippen molar-refractivity contribution in [2.24, 2.45) is 0 Å². The first-order valence-electron chi connectivity index (χ1n) is 42.3. The van der Waals surface area contributed by atoms with E-state index in [0.717, 1.165) is 88.8 Å². The number of hydrogen-bond acceptors (Lipinski definition) is 11. The second-order valence-electron chi connectivity index (χ2n) is 17.0. The van der Waals surface area contributed by atoms with Crippen LogP contribution in [0.25, 0.3) is 22.7 Å². The van der Waals surface area contributed by atoms with E-state index in [1.807, 2.05) is 73.5 Å². The zero-order valence-electron chi connectivity index (χ0n) is 76.2. The van der Waals surface area contributed by atoms with Crippen LogP contribution in [-0.4, -0.2) is 71.8 Å². The predicted octanol–water partition coefficient (Wildman–Crippen LogP) is 14.4. The van der Waals surface area contributed by atoms with Gasteiger partial charge >= 0.3 is 0 Å². The van der Waals surface area contributed by atoms with Crippen molar-refractivity contribution in [2.75, 3.05) is 23.7 Å². The highest BCUT2D eigenvalue weighted by Gasteiger charge is 2.24. The minimum absolute atomic E-state index is 0. The molecule has 2 fully saturated rings. The molecule has 2 aromatic carbocycles. The topological polar surface area (TPSA) is 158 Å². The molecule has 15 nitrogen and oxygen atoms in total. The molecular weight excluding hydrogens is 787 g/mol. The fourth-order valence-electron chi connectivity index (χ4n) is 8.61. The summed E-state index contributed by atoms with van der Waals surface area (Å²) in [7, 11) is 0. The highest BCUT2D eigenvalue weighted by molar-refractivity contribution is 5.54. The lowest BCUT2D eigenvalue weighted by atomic mass is 9.89. The molecule has 1 saturated heterocycles. The van der Waals surface area contributed by atoms with Crippen LogP contribution >= 0.6 is 0 Å². The average Bonchev–Trinajstić information content (AvgIpc) is 1.60. The Morgan fingerprint density at radius 1 is 0.603 bits per heavy atom. The molecule has 10 rings (SSSR count). The summed E-state index contributed by atoms with van der Waals surface area (Å²) in [5, 5.41) is 28.5. The van der Waals surface area contributed by atoms with E-state index >= 15 is 0 Å². The van der Waals surface area contributed by atoms with Crippen LogP contribution < -0.4 is 16.0 Å². The second kappa shape index (κ2) is 19.7. The van der Waals surface area contributed by atoms with Gasteiger partial charge < -0.3 is 16.0 Å². The van der Waals surface area contributed by atoms with Gasteiger partial charge in [-0.2, -0.15) is 39.4 Å². The Labute approximate surface area is 433 Å². The van der Waals surface area contributed by atoms with E-state index < -0.39 is 0 Å². The number of nitrogens with one attached hydrogen (secondary N) is 3. The standard InChI is InChI=1S/C24H29N7.C23H28N8.CH4.21H2/c1-17(2)20-16-27-31-23(20)28-22(18-9-4-3-5-10-18)29-24(31)25-15-19-11-6-7-12-21(19)30-14-8-13-26-30;1-16(2)19-15-27-31-22(19)28-21(17-8-11-24-12-9-17)29-23(31)25-14-18-6-3-4-7-20(18)30-13-5-10-26-30;;;;;;;;;;;;;;;;;;;;;;/h6-8,11-14,16-18H,3-5,9-10,15H2,1-2H3,(H,25,28,29);3-7,10,13,15-17,24H,8-9,11-12,14H2,1-2H3,(H,25,28,29);1H4;21*1H/i;;;20*1+1D;1+1. The Morgan fingerprint density at radius 2 is 1.06 bits per heavy atom. The highest BCUT2D eigenvalue weighted by Crippen LogP contribution is 2.33. The van der Waals surface area contributed by atoms with Gasteiger partial charge in [0.05, 0.1) is 23.8 Å². The molecule has 0 amide bonds. The van der Waals surface area contributed by atoms with Gasteiger partial charge in [-0.15, -0.1) is 0 Å². The first-order valence-corrected chi connectivity index (χ1v) is 22.3. The second-order valence-corrected chi connectivity index (χ2v) is 17.0. The van der Waals surface area contributed by atoms with Gasteiger partial charge in [-0.05, 0) is 86.0 Å². The van der Waals surface area contributed by atoms with Gasteiger partial charge in [0.1, 0.15) is 11.6 Å². The number of fused-ring (bicyclic) bond motifs is 2. The molecular formula is C48H103N15. The third-order valence-electron chi connectivity index (χ3n) is 12.1. The largest absolute Gasteiger partial charge is 0.350 e. The Hall–Kier alpha value is -6.48. The zero-order valence-corrected chi connectivity index (χ0v) is 36.2. The average molecular weight is 932 g/mol. The summed E-state index contributed by atoms with van der Waals surface area (Å²) < 4.78 is 207. The van der Waals surface area contributed by atoms with Crippen LogP contribution in [0.3, 0.4) is 0 Å². The number of anilines is 2. The molecule has 0 radical (unpaired) electrons. The van der Waals surface area contributed by atoms with Gasteiger partial charge in [-0.25, -0.2) is 19.3 Å². The fraction of sp³-hybridized carbons (Fsp3) is 0.417. The Morgan fingerprint density at radius 3 is 1.51 bits per heavy atom. The number of hydrogen-bond donors (Lipinski definition) is 3. The molecule has 15 heteroatoms. The quantitative estimate of drug-likeness (QED) is 0.107. The van der Waals surface area contributed by atoms with E-state index in [0.29, 0.717) is 36.8 Å². The van der Waals surface area contributed by atoms with Crippen molar-refractivity contribution in [3.05, 3.63) is 132 Å². The highest BCUT2D eigenvalue weighted by atomic mass is 15.4. The third kappa shape index (κ3) is 9.48. The van der Waals surface area contributed by atoms with Crippen molar-refractivity contribution >= 4 is 23.2 Å². The van der Waals surface area contributed by atoms with Crippen LogP contribution in [0.4, 0.5) is 11.9 Å². The molecule has 0 bridgehead atoms. The van der Waals surface area contributed by atoms with E-state index in [1.165, 1.54) is 37.7 Å². The Kier molecular flexibility index (Phi) is 7.81. The van der Waals surface area contributed by atoms with Gasteiger partial charge in [0.25, 0.3) is 0 Å². The first kappa shape index (κ1) is 25.0. The Balaban J connectivity index is -0.0000000866. The van der Waals surface area contributed by atoms with Gasteiger partial charge in [0, 0.05) is 122 Å². The summed E-state index contributed by atoms with van der Waals surface area (Å²) in [5.74, 6) is 4.88. The zero-order chi connectivity index (χ0) is 82.4. The lowest BCUT2D eigenvalue weighted by molar-refractivity contribution is 0.428. The van der Waals surface area contributed by atoms with Crippen molar-refractivity contribution < 1.29 is 60.8 Å². The molecule has 2 aliphatic rings. The number of piperidine rings is 1. The Bertz CT molecular complexity index is 2600. The minimum Gasteiger partial charge on any atom is -0.350 e. The molecule has 7 heterocycles. The molecule has 1 aliphatic heterocycles. The first-order chi connectivity index (χ1) is 50.4.